The van der Waals surface area contributed by atoms with E-state index in [0.717, 1.165) is 51.6 Å². The zero-order valence-corrected chi connectivity index (χ0v) is 20.7. The number of nitrogens with one attached hydrogen (secondary N) is 1. The van der Waals surface area contributed by atoms with Crippen molar-refractivity contribution in [2.75, 3.05) is 7.11 Å². The number of imide groups is 1. The maximum absolute atomic E-state index is 13.5. The van der Waals surface area contributed by atoms with Gasteiger partial charge in [-0.15, -0.1) is 0 Å². The third-order valence-corrected chi connectivity index (χ3v) is 8.06. The number of carbonyl (C=O) groups excluding carboxylic acids is 2. The minimum Gasteiger partial charge on any atom is -0.380 e. The lowest BCUT2D eigenvalue weighted by Gasteiger charge is -2.32. The Bertz CT molecular complexity index is 1570. The van der Waals surface area contributed by atoms with E-state index in [2.05, 4.69) is 16.0 Å². The number of nitrogens with zero attached hydrogens (tertiary/aromatic N) is 2. The van der Waals surface area contributed by atoms with Crippen LogP contribution < -0.4 is 11.1 Å². The second-order valence-corrected chi connectivity index (χ2v) is 9.97. The van der Waals surface area contributed by atoms with Gasteiger partial charge >= 0.3 is 0 Å². The Hall–Kier alpha value is -3.68. The zero-order valence-electron chi connectivity index (χ0n) is 20.7. The number of carbonyl (C=O) groups is 2. The molecule has 2 amide bonds. The second kappa shape index (κ2) is 8.47. The molecule has 2 aliphatic rings. The normalized spacial score (nSPS) is 19.7. The van der Waals surface area contributed by atoms with E-state index in [9.17, 15) is 9.59 Å². The van der Waals surface area contributed by atoms with Crippen molar-refractivity contribution in [1.82, 2.24) is 14.5 Å². The van der Waals surface area contributed by atoms with Crippen LogP contribution in [0.15, 0.2) is 54.7 Å². The number of aryl methyl sites for hydroxylation is 2. The molecule has 0 radical (unpaired) electrons. The summed E-state index contributed by atoms with van der Waals surface area (Å²) in [5.41, 5.74) is 12.3. The summed E-state index contributed by atoms with van der Waals surface area (Å²) in [5, 5.41) is 4.53. The van der Waals surface area contributed by atoms with Crippen LogP contribution in [0.1, 0.15) is 30.2 Å². The molecule has 0 aliphatic carbocycles. The number of hydrogen-bond acceptors (Lipinski definition) is 4. The van der Waals surface area contributed by atoms with Gasteiger partial charge in [-0.05, 0) is 37.8 Å². The van der Waals surface area contributed by atoms with Crippen LogP contribution in [0.2, 0.25) is 0 Å². The largest absolute Gasteiger partial charge is 0.380 e. The molecule has 0 saturated carbocycles. The van der Waals surface area contributed by atoms with Crippen LogP contribution in [0.5, 0.6) is 0 Å². The van der Waals surface area contributed by atoms with Crippen molar-refractivity contribution in [1.29, 1.82) is 0 Å². The Kier molecular flexibility index (Phi) is 5.35. The summed E-state index contributed by atoms with van der Waals surface area (Å²) >= 11 is 0. The molecule has 36 heavy (non-hydrogen) atoms. The number of benzene rings is 2. The van der Waals surface area contributed by atoms with Gasteiger partial charge in [-0.1, -0.05) is 36.4 Å². The van der Waals surface area contributed by atoms with Crippen LogP contribution in [-0.2, 0) is 34.3 Å². The fourth-order valence-corrected chi connectivity index (χ4v) is 6.11. The summed E-state index contributed by atoms with van der Waals surface area (Å²) in [6, 6.07) is 16.0. The van der Waals surface area contributed by atoms with Crippen molar-refractivity contribution in [2.45, 2.75) is 38.5 Å². The summed E-state index contributed by atoms with van der Waals surface area (Å²) in [5.74, 6) is -0.497. The van der Waals surface area contributed by atoms with Crippen LogP contribution in [0, 0.1) is 5.92 Å². The van der Waals surface area contributed by atoms with Crippen molar-refractivity contribution in [2.24, 2.45) is 18.7 Å². The number of aromatic nitrogens is 2. The molecule has 4 aromatic rings. The molecule has 7 nitrogen and oxygen atoms in total. The predicted octanol–water partition coefficient (Wildman–Crippen LogP) is 3.62. The Morgan fingerprint density at radius 1 is 1.00 bits per heavy atom. The smallest absolute Gasteiger partial charge is 0.259 e. The minimum absolute atomic E-state index is 0.0730. The number of ether oxygens (including phenoxy) is 1. The number of hydrogen-bond donors (Lipinski definition) is 2. The average Bonchev–Trinajstić information content (AvgIpc) is 3.50. The lowest BCUT2D eigenvalue weighted by Crippen LogP contribution is -2.43. The van der Waals surface area contributed by atoms with E-state index in [4.69, 9.17) is 10.5 Å². The second-order valence-electron chi connectivity index (χ2n) is 9.97. The van der Waals surface area contributed by atoms with Crippen molar-refractivity contribution < 1.29 is 14.3 Å². The Labute approximate surface area is 209 Å². The van der Waals surface area contributed by atoms with Gasteiger partial charge < -0.3 is 19.6 Å². The Morgan fingerprint density at radius 2 is 1.67 bits per heavy atom. The summed E-state index contributed by atoms with van der Waals surface area (Å²) in [6.45, 7) is 2.80. The molecule has 0 spiro atoms. The van der Waals surface area contributed by atoms with Gasteiger partial charge in [0, 0.05) is 71.6 Å². The highest BCUT2D eigenvalue weighted by molar-refractivity contribution is 6.51. The van der Waals surface area contributed by atoms with E-state index in [1.807, 2.05) is 67.2 Å². The van der Waals surface area contributed by atoms with Gasteiger partial charge in [0.05, 0.1) is 17.3 Å². The summed E-state index contributed by atoms with van der Waals surface area (Å²) in [6.07, 6.45) is 3.52. The third kappa shape index (κ3) is 3.27. The lowest BCUT2D eigenvalue weighted by molar-refractivity contribution is -0.122. The summed E-state index contributed by atoms with van der Waals surface area (Å²) < 4.78 is 9.84. The van der Waals surface area contributed by atoms with Gasteiger partial charge in [-0.25, -0.2) is 0 Å². The highest BCUT2D eigenvalue weighted by atomic mass is 16.5. The molecule has 7 heteroatoms. The molecule has 4 heterocycles. The van der Waals surface area contributed by atoms with Gasteiger partial charge in [-0.3, -0.25) is 14.9 Å². The lowest BCUT2D eigenvalue weighted by atomic mass is 9.84. The number of nitrogens with two attached hydrogens (primary N) is 1. The standard InChI is InChI=1S/C29H30N4O3/c1-16(36-3)27(30)17-12-13-33-22-11-7-5-9-19(22)24(23(33)14-17)26-25(28(34)31-29(26)35)20-15-32(2)21-10-6-4-8-18(20)21/h4-11,15-17,27H,12-14,30H2,1-3H3,(H,31,34,35)/t16?,17-,27+/m0/s1. The maximum Gasteiger partial charge on any atom is 0.259 e. The molecule has 0 fully saturated rings. The van der Waals surface area contributed by atoms with Crippen molar-refractivity contribution >= 4 is 44.8 Å². The third-order valence-electron chi connectivity index (χ3n) is 8.06. The van der Waals surface area contributed by atoms with Gasteiger partial charge in [0.25, 0.3) is 11.8 Å². The van der Waals surface area contributed by atoms with E-state index in [-0.39, 0.29) is 29.9 Å². The molecule has 6 rings (SSSR count). The van der Waals surface area contributed by atoms with Crippen molar-refractivity contribution in [3.8, 4) is 0 Å². The minimum atomic E-state index is -0.354. The first-order valence-corrected chi connectivity index (χ1v) is 12.4. The molecule has 2 aliphatic heterocycles. The first-order valence-electron chi connectivity index (χ1n) is 12.4. The van der Waals surface area contributed by atoms with E-state index >= 15 is 0 Å². The number of fused-ring (bicyclic) bond motifs is 4. The quantitative estimate of drug-likeness (QED) is 0.425. The number of para-hydroxylation sites is 2. The fraction of sp³-hybridized carbons (Fsp3) is 0.310. The van der Waals surface area contributed by atoms with Crippen LogP contribution in [0.3, 0.4) is 0 Å². The van der Waals surface area contributed by atoms with Crippen LogP contribution in [-0.4, -0.2) is 40.2 Å². The molecule has 2 aromatic heterocycles. The Balaban J connectivity index is 1.62. The van der Waals surface area contributed by atoms with Crippen LogP contribution in [0.4, 0.5) is 0 Å². The molecular weight excluding hydrogens is 452 g/mol. The Morgan fingerprint density at radius 3 is 2.42 bits per heavy atom. The van der Waals surface area contributed by atoms with Crippen LogP contribution in [0.25, 0.3) is 33.0 Å². The summed E-state index contributed by atoms with van der Waals surface area (Å²) in [7, 11) is 3.64. The maximum atomic E-state index is 13.5. The predicted molar refractivity (Wildman–Crippen MR) is 141 cm³/mol. The zero-order chi connectivity index (χ0) is 25.1. The molecule has 3 N–H and O–H groups in total. The van der Waals surface area contributed by atoms with Crippen LogP contribution >= 0.6 is 0 Å². The highest BCUT2D eigenvalue weighted by Gasteiger charge is 2.39. The van der Waals surface area contributed by atoms with Gasteiger partial charge in [0.1, 0.15) is 0 Å². The fourth-order valence-electron chi connectivity index (χ4n) is 6.11. The van der Waals surface area contributed by atoms with Crippen molar-refractivity contribution in [3.63, 3.8) is 0 Å². The monoisotopic (exact) mass is 482 g/mol. The molecule has 0 bridgehead atoms. The number of amides is 2. The first-order chi connectivity index (χ1) is 17.4. The van der Waals surface area contributed by atoms with Crippen molar-refractivity contribution in [3.05, 3.63) is 71.5 Å². The highest BCUT2D eigenvalue weighted by Crippen LogP contribution is 2.43. The van der Waals surface area contributed by atoms with Gasteiger partial charge in [0.15, 0.2) is 0 Å². The molecule has 0 saturated heterocycles. The number of rotatable bonds is 5. The molecular formula is C29H30N4O3. The molecule has 3 atom stereocenters. The summed E-state index contributed by atoms with van der Waals surface area (Å²) in [4.78, 5) is 26.8. The van der Waals surface area contributed by atoms with Gasteiger partial charge in [-0.2, -0.15) is 0 Å². The topological polar surface area (TPSA) is 91.3 Å². The molecule has 1 unspecified atom stereocenters. The van der Waals surface area contributed by atoms with Gasteiger partial charge in [0.2, 0.25) is 0 Å². The van der Waals surface area contributed by atoms with E-state index in [1.54, 1.807) is 7.11 Å². The van der Waals surface area contributed by atoms with E-state index < -0.39 is 0 Å². The molecule has 184 valence electrons. The SMILES string of the molecule is COC(C)[C@@H](N)[C@H]1CCn2c(c(C3=C(c4cn(C)c5ccccc45)C(=O)NC3=O)c3ccccc32)C1. The number of methoxy groups -OCH3 is 1. The van der Waals surface area contributed by atoms with E-state index in [0.29, 0.717) is 17.6 Å². The molecule has 2 aromatic carbocycles. The van der Waals surface area contributed by atoms with E-state index in [1.165, 1.54) is 0 Å². The average molecular weight is 483 g/mol. The first kappa shape index (κ1) is 22.8.